The van der Waals surface area contributed by atoms with Crippen molar-refractivity contribution in [1.29, 1.82) is 0 Å². The van der Waals surface area contributed by atoms with Crippen LogP contribution < -0.4 is 21.3 Å². The van der Waals surface area contributed by atoms with Crippen LogP contribution in [0.1, 0.15) is 47.3 Å². The average Bonchev–Trinajstić information content (AvgIpc) is 3.00. The van der Waals surface area contributed by atoms with Gasteiger partial charge in [0.1, 0.15) is 0 Å². The van der Waals surface area contributed by atoms with E-state index in [-0.39, 0.29) is 18.0 Å². The number of hydrogen-bond acceptors (Lipinski definition) is 5. The molecule has 0 aliphatic carbocycles. The summed E-state index contributed by atoms with van der Waals surface area (Å²) in [5, 5.41) is 13.5. The minimum Gasteiger partial charge on any atom is -0.351 e. The number of nitrogens with zero attached hydrogens (tertiary/aromatic N) is 1. The van der Waals surface area contributed by atoms with E-state index in [1.165, 1.54) is 16.7 Å². The molecule has 3 aromatic carbocycles. The van der Waals surface area contributed by atoms with Crippen molar-refractivity contribution in [1.82, 2.24) is 26.3 Å². The monoisotopic (exact) mass is 521 g/mol. The minimum absolute atomic E-state index is 0.0212. The Bertz CT molecular complexity index is 1190. The third-order valence-corrected chi connectivity index (χ3v) is 6.67. The highest BCUT2D eigenvalue weighted by Gasteiger charge is 2.13. The number of aromatic nitrogens is 1. The molecule has 202 valence electrons. The molecule has 0 radical (unpaired) electrons. The van der Waals surface area contributed by atoms with E-state index in [1.807, 2.05) is 25.1 Å². The van der Waals surface area contributed by atoms with Gasteiger partial charge in [-0.1, -0.05) is 91.0 Å². The number of carbonyl (C=O) groups excluding carboxylic acids is 1. The zero-order chi connectivity index (χ0) is 27.1. The van der Waals surface area contributed by atoms with E-state index >= 15 is 0 Å². The van der Waals surface area contributed by atoms with Gasteiger partial charge in [-0.3, -0.25) is 9.78 Å². The highest BCUT2D eigenvalue weighted by Crippen LogP contribution is 2.21. The fourth-order valence-electron chi connectivity index (χ4n) is 4.38. The van der Waals surface area contributed by atoms with Gasteiger partial charge in [-0.05, 0) is 60.8 Å². The lowest BCUT2D eigenvalue weighted by Gasteiger charge is -2.20. The fraction of sp³-hybridized carbons (Fsp3) is 0.273. The number of amides is 1. The highest BCUT2D eigenvalue weighted by molar-refractivity contribution is 5.81. The molecule has 6 heteroatoms. The number of carbonyl (C=O) groups is 1. The summed E-state index contributed by atoms with van der Waals surface area (Å²) in [7, 11) is 0. The number of benzene rings is 3. The van der Waals surface area contributed by atoms with E-state index in [9.17, 15) is 4.79 Å². The van der Waals surface area contributed by atoms with Gasteiger partial charge in [-0.2, -0.15) is 0 Å². The van der Waals surface area contributed by atoms with Crippen LogP contribution in [-0.2, 0) is 24.4 Å². The van der Waals surface area contributed by atoms with Gasteiger partial charge < -0.3 is 21.3 Å². The van der Waals surface area contributed by atoms with Crippen LogP contribution in [0.5, 0.6) is 0 Å². The van der Waals surface area contributed by atoms with Crippen LogP contribution in [0.15, 0.2) is 109 Å². The van der Waals surface area contributed by atoms with Crippen molar-refractivity contribution in [2.24, 2.45) is 0 Å². The lowest BCUT2D eigenvalue weighted by molar-refractivity contribution is -0.122. The number of pyridine rings is 1. The lowest BCUT2D eigenvalue weighted by Crippen LogP contribution is -2.41. The second kappa shape index (κ2) is 15.5. The Morgan fingerprint density at radius 1 is 0.692 bits per heavy atom. The van der Waals surface area contributed by atoms with Gasteiger partial charge in [-0.15, -0.1) is 0 Å². The number of hydrogen-bond donors (Lipinski definition) is 4. The Balaban J connectivity index is 1.12. The highest BCUT2D eigenvalue weighted by atomic mass is 16.2. The van der Waals surface area contributed by atoms with E-state index in [2.05, 4.69) is 111 Å². The first-order chi connectivity index (χ1) is 19.2. The fourth-order valence-corrected chi connectivity index (χ4v) is 4.38. The molecule has 39 heavy (non-hydrogen) atoms. The third-order valence-electron chi connectivity index (χ3n) is 6.67. The molecule has 0 aliphatic heterocycles. The average molecular weight is 522 g/mol. The molecule has 1 atom stereocenters. The largest absolute Gasteiger partial charge is 0.351 e. The third kappa shape index (κ3) is 9.45. The standard InChI is InChI=1S/C33H39N5O/c1-26(37-25-31-15-8-9-21-35-31)33(39)38-24-28-18-16-27(17-19-28)23-34-20-10-22-36-32(29-11-4-2-5-12-29)30-13-6-3-7-14-30/h2-9,11-19,21,26,32,34,36-37H,10,20,22-25H2,1H3,(H,38,39)/t26-/m0/s1. The van der Waals surface area contributed by atoms with Crippen LogP contribution in [0, 0.1) is 0 Å². The zero-order valence-corrected chi connectivity index (χ0v) is 22.6. The second-order valence-electron chi connectivity index (χ2n) is 9.70. The molecular formula is C33H39N5O. The Morgan fingerprint density at radius 2 is 1.31 bits per heavy atom. The van der Waals surface area contributed by atoms with Crippen LogP contribution in [0.25, 0.3) is 0 Å². The van der Waals surface area contributed by atoms with E-state index < -0.39 is 0 Å². The summed E-state index contributed by atoms with van der Waals surface area (Å²) in [5.41, 5.74) is 5.79. The Labute approximate surface area is 232 Å². The van der Waals surface area contributed by atoms with Gasteiger partial charge in [-0.25, -0.2) is 0 Å². The van der Waals surface area contributed by atoms with Gasteiger partial charge in [0.25, 0.3) is 0 Å². The topological polar surface area (TPSA) is 78.1 Å². The summed E-state index contributed by atoms with van der Waals surface area (Å²) in [6, 6.07) is 35.3. The Kier molecular flexibility index (Phi) is 11.2. The molecule has 4 rings (SSSR count). The summed E-state index contributed by atoms with van der Waals surface area (Å²) in [6.45, 7) is 5.62. The molecular weight excluding hydrogens is 482 g/mol. The second-order valence-corrected chi connectivity index (χ2v) is 9.70. The molecule has 1 amide bonds. The molecule has 0 saturated carbocycles. The maximum atomic E-state index is 12.4. The van der Waals surface area contributed by atoms with Gasteiger partial charge in [0.2, 0.25) is 5.91 Å². The van der Waals surface area contributed by atoms with Crippen molar-refractivity contribution in [2.75, 3.05) is 13.1 Å². The first-order valence-corrected chi connectivity index (χ1v) is 13.7. The SMILES string of the molecule is C[C@H](NCc1ccccn1)C(=O)NCc1ccc(CNCCCNC(c2ccccc2)c2ccccc2)cc1. The van der Waals surface area contributed by atoms with E-state index in [1.54, 1.807) is 6.20 Å². The van der Waals surface area contributed by atoms with E-state index in [0.29, 0.717) is 13.1 Å². The molecule has 0 saturated heterocycles. The molecule has 0 bridgehead atoms. The minimum atomic E-state index is -0.291. The van der Waals surface area contributed by atoms with Crippen molar-refractivity contribution >= 4 is 5.91 Å². The summed E-state index contributed by atoms with van der Waals surface area (Å²) in [4.78, 5) is 16.7. The first kappa shape index (κ1) is 28.2. The van der Waals surface area contributed by atoms with E-state index in [0.717, 1.165) is 37.3 Å². The van der Waals surface area contributed by atoms with Crippen LogP contribution in [0.4, 0.5) is 0 Å². The number of nitrogens with one attached hydrogen (secondary N) is 4. The number of rotatable bonds is 15. The molecule has 1 aromatic heterocycles. The van der Waals surface area contributed by atoms with Crippen molar-refractivity contribution < 1.29 is 4.79 Å². The van der Waals surface area contributed by atoms with Crippen molar-refractivity contribution in [3.63, 3.8) is 0 Å². The van der Waals surface area contributed by atoms with Crippen molar-refractivity contribution in [3.8, 4) is 0 Å². The van der Waals surface area contributed by atoms with Crippen molar-refractivity contribution in [3.05, 3.63) is 137 Å². The van der Waals surface area contributed by atoms with Crippen LogP contribution >= 0.6 is 0 Å². The summed E-state index contributed by atoms with van der Waals surface area (Å²) >= 11 is 0. The van der Waals surface area contributed by atoms with E-state index in [4.69, 9.17) is 0 Å². The molecule has 6 nitrogen and oxygen atoms in total. The Hall–Kier alpha value is -3.84. The molecule has 0 spiro atoms. The molecule has 4 N–H and O–H groups in total. The smallest absolute Gasteiger partial charge is 0.237 e. The van der Waals surface area contributed by atoms with Gasteiger partial charge in [0, 0.05) is 25.8 Å². The van der Waals surface area contributed by atoms with Crippen molar-refractivity contribution in [2.45, 2.75) is 45.1 Å². The summed E-state index contributed by atoms with van der Waals surface area (Å²) in [5.74, 6) is -0.0212. The predicted molar refractivity (Wildman–Crippen MR) is 158 cm³/mol. The molecule has 0 fully saturated rings. The maximum Gasteiger partial charge on any atom is 0.237 e. The van der Waals surface area contributed by atoms with Crippen LogP contribution in [0.3, 0.4) is 0 Å². The first-order valence-electron chi connectivity index (χ1n) is 13.7. The molecule has 1 heterocycles. The molecule has 0 unspecified atom stereocenters. The lowest BCUT2D eigenvalue weighted by atomic mass is 9.99. The summed E-state index contributed by atoms with van der Waals surface area (Å²) in [6.07, 6.45) is 2.79. The molecule has 4 aromatic rings. The predicted octanol–water partition coefficient (Wildman–Crippen LogP) is 4.74. The van der Waals surface area contributed by atoms with Gasteiger partial charge in [0.05, 0.1) is 17.8 Å². The van der Waals surface area contributed by atoms with Gasteiger partial charge in [0.15, 0.2) is 0 Å². The summed E-state index contributed by atoms with van der Waals surface area (Å²) < 4.78 is 0. The van der Waals surface area contributed by atoms with Gasteiger partial charge >= 0.3 is 0 Å². The maximum absolute atomic E-state index is 12.4. The normalized spacial score (nSPS) is 11.8. The van der Waals surface area contributed by atoms with Crippen LogP contribution in [0.2, 0.25) is 0 Å². The zero-order valence-electron chi connectivity index (χ0n) is 22.6. The Morgan fingerprint density at radius 3 is 1.92 bits per heavy atom. The quantitative estimate of drug-likeness (QED) is 0.170. The van der Waals surface area contributed by atoms with Crippen LogP contribution in [-0.4, -0.2) is 30.0 Å². The molecule has 0 aliphatic rings.